The first kappa shape index (κ1) is 18.6. The minimum atomic E-state index is -0.152. The average Bonchev–Trinajstić information content (AvgIpc) is 3.16. The molecule has 0 aliphatic heterocycles. The van der Waals surface area contributed by atoms with Gasteiger partial charge in [0.2, 0.25) is 0 Å². The summed E-state index contributed by atoms with van der Waals surface area (Å²) < 4.78 is 6.90. The number of fused-ring (bicyclic) bond motifs is 2. The van der Waals surface area contributed by atoms with Crippen LogP contribution in [0.1, 0.15) is 27.9 Å². The number of carbonyl (C=O) groups excluding carboxylic acids is 1. The molecular formula is C25H19ClN2O2. The Morgan fingerprint density at radius 2 is 1.93 bits per heavy atom. The highest BCUT2D eigenvalue weighted by molar-refractivity contribution is 6.31. The summed E-state index contributed by atoms with van der Waals surface area (Å²) >= 11 is 6.27. The van der Waals surface area contributed by atoms with Crippen molar-refractivity contribution in [2.75, 3.05) is 7.11 Å². The van der Waals surface area contributed by atoms with E-state index in [0.29, 0.717) is 27.7 Å². The van der Waals surface area contributed by atoms with E-state index in [2.05, 4.69) is 18.2 Å². The molecule has 0 unspecified atom stereocenters. The molecule has 1 aromatic heterocycles. The maximum Gasteiger partial charge on any atom is 0.264 e. The first-order valence-corrected chi connectivity index (χ1v) is 10.2. The molecule has 0 atom stereocenters. The highest BCUT2D eigenvalue weighted by Gasteiger charge is 2.23. The largest absolute Gasteiger partial charge is 0.497 e. The van der Waals surface area contributed by atoms with E-state index in [-0.39, 0.29) is 5.91 Å². The molecule has 4 aromatic rings. The fourth-order valence-electron chi connectivity index (χ4n) is 3.98. The van der Waals surface area contributed by atoms with Gasteiger partial charge in [0.25, 0.3) is 5.91 Å². The Morgan fingerprint density at radius 3 is 2.73 bits per heavy atom. The van der Waals surface area contributed by atoms with Crippen LogP contribution in [0.4, 0.5) is 0 Å². The van der Waals surface area contributed by atoms with Crippen molar-refractivity contribution in [3.8, 4) is 17.1 Å². The fourth-order valence-corrected chi connectivity index (χ4v) is 4.15. The molecule has 0 N–H and O–H groups in total. The van der Waals surface area contributed by atoms with Gasteiger partial charge in [0, 0.05) is 16.1 Å². The molecule has 30 heavy (non-hydrogen) atoms. The minimum Gasteiger partial charge on any atom is -0.497 e. The fraction of sp³-hybridized carbons (Fsp3) is 0.120. The Balaban J connectivity index is 1.75. The second-order valence-corrected chi connectivity index (χ2v) is 7.69. The minimum absolute atomic E-state index is 0.152. The molecule has 0 spiro atoms. The van der Waals surface area contributed by atoms with Crippen LogP contribution in [0.2, 0.25) is 5.02 Å². The molecule has 0 fully saturated rings. The molecule has 4 nitrogen and oxygen atoms in total. The van der Waals surface area contributed by atoms with Crippen LogP contribution in [0.3, 0.4) is 0 Å². The van der Waals surface area contributed by atoms with Gasteiger partial charge in [-0.1, -0.05) is 42.0 Å². The van der Waals surface area contributed by atoms with Crippen molar-refractivity contribution >= 4 is 34.6 Å². The standard InChI is InChI=1S/C25H19ClN2O2/c1-30-19-12-9-17(10-13-19)25(29)28-23-15-18(26)11-14-22(23)27-24(28)21-8-4-6-16-5-2-3-7-20(16)21/h2,4-6,8-15H,3,7H2,1H3. The second kappa shape index (κ2) is 7.47. The van der Waals surface area contributed by atoms with Gasteiger partial charge in [0.05, 0.1) is 18.1 Å². The van der Waals surface area contributed by atoms with E-state index in [1.54, 1.807) is 48.1 Å². The number of ether oxygens (including phenoxy) is 1. The summed E-state index contributed by atoms with van der Waals surface area (Å²) in [6.45, 7) is 0. The van der Waals surface area contributed by atoms with Crippen molar-refractivity contribution < 1.29 is 9.53 Å². The molecule has 0 saturated carbocycles. The number of allylic oxidation sites excluding steroid dienone is 1. The van der Waals surface area contributed by atoms with Crippen molar-refractivity contribution in [3.05, 3.63) is 88.5 Å². The van der Waals surface area contributed by atoms with Crippen LogP contribution < -0.4 is 4.74 Å². The van der Waals surface area contributed by atoms with Gasteiger partial charge in [-0.2, -0.15) is 0 Å². The zero-order valence-electron chi connectivity index (χ0n) is 16.4. The molecular weight excluding hydrogens is 396 g/mol. The smallest absolute Gasteiger partial charge is 0.264 e. The van der Waals surface area contributed by atoms with Crippen LogP contribution >= 0.6 is 11.6 Å². The van der Waals surface area contributed by atoms with Gasteiger partial charge in [-0.3, -0.25) is 9.36 Å². The molecule has 1 aliphatic carbocycles. The topological polar surface area (TPSA) is 44.1 Å². The third-order valence-electron chi connectivity index (χ3n) is 5.47. The Morgan fingerprint density at radius 1 is 1.10 bits per heavy atom. The zero-order chi connectivity index (χ0) is 20.7. The van der Waals surface area contributed by atoms with Gasteiger partial charge in [-0.15, -0.1) is 0 Å². The van der Waals surface area contributed by atoms with E-state index in [1.807, 2.05) is 18.2 Å². The molecule has 148 valence electrons. The number of rotatable bonds is 3. The molecule has 3 aromatic carbocycles. The third kappa shape index (κ3) is 3.10. The van der Waals surface area contributed by atoms with E-state index in [0.717, 1.165) is 23.9 Å². The summed E-state index contributed by atoms with van der Waals surface area (Å²) in [5, 5.41) is 0.566. The number of benzene rings is 3. The predicted molar refractivity (Wildman–Crippen MR) is 120 cm³/mol. The van der Waals surface area contributed by atoms with Crippen LogP contribution in [-0.2, 0) is 6.42 Å². The van der Waals surface area contributed by atoms with Gasteiger partial charge < -0.3 is 4.74 Å². The summed E-state index contributed by atoms with van der Waals surface area (Å²) in [4.78, 5) is 18.5. The highest BCUT2D eigenvalue weighted by atomic mass is 35.5. The Labute approximate surface area is 179 Å². The molecule has 0 saturated heterocycles. The number of halogens is 1. The number of methoxy groups -OCH3 is 1. The van der Waals surface area contributed by atoms with E-state index < -0.39 is 0 Å². The lowest BCUT2D eigenvalue weighted by Gasteiger charge is -2.16. The maximum atomic E-state index is 13.6. The summed E-state index contributed by atoms with van der Waals surface area (Å²) in [6.07, 6.45) is 6.21. The van der Waals surface area contributed by atoms with Gasteiger partial charge in [-0.25, -0.2) is 4.98 Å². The van der Waals surface area contributed by atoms with Crippen molar-refractivity contribution in [2.24, 2.45) is 0 Å². The number of imidazole rings is 1. The monoisotopic (exact) mass is 414 g/mol. The van der Waals surface area contributed by atoms with Crippen molar-refractivity contribution in [1.29, 1.82) is 0 Å². The summed E-state index contributed by atoms with van der Waals surface area (Å²) in [6, 6.07) is 18.7. The zero-order valence-corrected chi connectivity index (χ0v) is 17.2. The summed E-state index contributed by atoms with van der Waals surface area (Å²) in [5.41, 5.74) is 5.35. The van der Waals surface area contributed by atoms with Crippen LogP contribution in [-0.4, -0.2) is 22.6 Å². The number of hydrogen-bond donors (Lipinski definition) is 0. The van der Waals surface area contributed by atoms with Crippen LogP contribution in [0.15, 0.2) is 66.7 Å². The molecule has 1 aliphatic rings. The summed E-state index contributed by atoms with van der Waals surface area (Å²) in [7, 11) is 1.60. The van der Waals surface area contributed by atoms with Gasteiger partial charge in [-0.05, 0) is 66.4 Å². The Hall–Kier alpha value is -3.37. The quantitative estimate of drug-likeness (QED) is 0.412. The number of hydrogen-bond acceptors (Lipinski definition) is 3. The van der Waals surface area contributed by atoms with Crippen LogP contribution in [0, 0.1) is 0 Å². The molecule has 0 amide bonds. The third-order valence-corrected chi connectivity index (χ3v) is 5.70. The van der Waals surface area contributed by atoms with Crippen molar-refractivity contribution in [1.82, 2.24) is 9.55 Å². The first-order valence-electron chi connectivity index (χ1n) is 9.81. The van der Waals surface area contributed by atoms with E-state index in [1.165, 1.54) is 11.1 Å². The lowest BCUT2D eigenvalue weighted by Crippen LogP contribution is -2.14. The van der Waals surface area contributed by atoms with Crippen molar-refractivity contribution in [2.45, 2.75) is 12.8 Å². The first-order chi connectivity index (χ1) is 14.7. The Kier molecular flexibility index (Phi) is 4.64. The summed E-state index contributed by atoms with van der Waals surface area (Å²) in [5.74, 6) is 1.19. The molecule has 0 bridgehead atoms. The predicted octanol–water partition coefficient (Wildman–Crippen LogP) is 6.01. The van der Waals surface area contributed by atoms with Crippen LogP contribution in [0.5, 0.6) is 5.75 Å². The number of carbonyl (C=O) groups is 1. The SMILES string of the molecule is COc1ccc(C(=O)n2c(-c3cccc4c3CCC=C4)nc3ccc(Cl)cc32)cc1. The van der Waals surface area contributed by atoms with E-state index in [9.17, 15) is 4.79 Å². The van der Waals surface area contributed by atoms with E-state index >= 15 is 0 Å². The van der Waals surface area contributed by atoms with Crippen LogP contribution in [0.25, 0.3) is 28.5 Å². The normalized spacial score (nSPS) is 12.7. The molecule has 0 radical (unpaired) electrons. The average molecular weight is 415 g/mol. The van der Waals surface area contributed by atoms with Gasteiger partial charge in [0.1, 0.15) is 11.6 Å². The molecule has 1 heterocycles. The van der Waals surface area contributed by atoms with E-state index in [4.69, 9.17) is 21.3 Å². The van der Waals surface area contributed by atoms with Gasteiger partial charge in [0.15, 0.2) is 0 Å². The molecule has 5 heteroatoms. The highest BCUT2D eigenvalue weighted by Crippen LogP contribution is 2.33. The number of aromatic nitrogens is 2. The lowest BCUT2D eigenvalue weighted by atomic mass is 9.92. The molecule has 5 rings (SSSR count). The maximum absolute atomic E-state index is 13.6. The van der Waals surface area contributed by atoms with Gasteiger partial charge >= 0.3 is 0 Å². The van der Waals surface area contributed by atoms with Crippen molar-refractivity contribution in [3.63, 3.8) is 0 Å². The second-order valence-electron chi connectivity index (χ2n) is 7.25. The number of nitrogens with zero attached hydrogens (tertiary/aromatic N) is 2. The lowest BCUT2D eigenvalue weighted by molar-refractivity contribution is 0.0966. The Bertz CT molecular complexity index is 1300.